The van der Waals surface area contributed by atoms with Crippen LogP contribution in [0.15, 0.2) is 139 Å². The monoisotopic (exact) mass is 1620 g/mol. The summed E-state index contributed by atoms with van der Waals surface area (Å²) in [5, 5.41) is 9.58. The van der Waals surface area contributed by atoms with Crippen LogP contribution in [0.3, 0.4) is 0 Å². The second kappa shape index (κ2) is 32.4. The Kier molecular flexibility index (Phi) is 24.3. The molecule has 3 saturated carbocycles. The molecular formula is C73H86BrCl6N15O4S3. The number of amides is 2. The van der Waals surface area contributed by atoms with Crippen molar-refractivity contribution in [3.63, 3.8) is 0 Å². The van der Waals surface area contributed by atoms with E-state index in [1.54, 1.807) is 42.7 Å². The third-order valence-corrected chi connectivity index (χ3v) is 26.5. The number of nitrogens with one attached hydrogen (secondary N) is 2. The van der Waals surface area contributed by atoms with E-state index in [4.69, 9.17) is 94.8 Å². The average molecular weight is 1630 g/mol. The Bertz CT molecular complexity index is 4430. The number of anilines is 3. The van der Waals surface area contributed by atoms with Crippen molar-refractivity contribution in [3.8, 4) is 0 Å². The van der Waals surface area contributed by atoms with E-state index in [2.05, 4.69) is 78.2 Å². The highest BCUT2D eigenvalue weighted by atomic mass is 79.9. The van der Waals surface area contributed by atoms with E-state index in [1.807, 2.05) is 118 Å². The third-order valence-electron chi connectivity index (χ3n) is 20.6. The number of thiol groups is 1. The summed E-state index contributed by atoms with van der Waals surface area (Å²) >= 11 is 47.1. The Morgan fingerprint density at radius 1 is 0.500 bits per heavy atom. The van der Waals surface area contributed by atoms with Crippen molar-refractivity contribution in [1.29, 1.82) is 0 Å². The van der Waals surface area contributed by atoms with Gasteiger partial charge >= 0.3 is 12.2 Å². The Morgan fingerprint density at radius 3 is 1.25 bits per heavy atom. The quantitative estimate of drug-likeness (QED) is 0.0993. The van der Waals surface area contributed by atoms with Gasteiger partial charge in [-0.1, -0.05) is 131 Å². The molecule has 3 spiro atoms. The fourth-order valence-electron chi connectivity index (χ4n) is 15.4. The van der Waals surface area contributed by atoms with Crippen LogP contribution in [0.5, 0.6) is 0 Å². The second-order valence-electron chi connectivity index (χ2n) is 29.2. The molecular weight excluding hydrogens is 1540 g/mol. The molecule has 19 nitrogen and oxygen atoms in total. The number of benzene rings is 3. The lowest BCUT2D eigenvalue weighted by molar-refractivity contribution is 0.0431. The van der Waals surface area contributed by atoms with Crippen molar-refractivity contribution in [1.82, 2.24) is 53.7 Å². The molecule has 9 heterocycles. The number of hydrogen-bond acceptors (Lipinski definition) is 17. The van der Waals surface area contributed by atoms with Gasteiger partial charge in [0.15, 0.2) is 16.9 Å². The average Bonchev–Trinajstić information content (AvgIpc) is 1.52. The first-order valence-corrected chi connectivity index (χ1v) is 39.8. The summed E-state index contributed by atoms with van der Waals surface area (Å²) in [6, 6.07) is 17.3. The molecule has 3 aliphatic heterocycles. The van der Waals surface area contributed by atoms with Gasteiger partial charge in [0.2, 0.25) is 17.8 Å². The van der Waals surface area contributed by atoms with Crippen molar-refractivity contribution >= 4 is 169 Å². The standard InChI is InChI=1S/C26H31Cl2N5O2S.C21H23Cl2N5S.C20H28BrN5O2.C6H4Cl2S/c1-25(2,3)35-24(34)31-20-8-5-9-26(20)10-13-32(14-11-26)23-30-16-19(22-29-12-15-33(22)23)36-18-7-4-6-17(27)21(18)28;22-14-3-1-4-15(18(14)23)29-16-13-26-20(28-12-9-25-19(16)28)27-10-7-21(8-11-27)6-2-5-17(21)24;1-19(2,3)28-18(27)24-15-5-4-6-20(15)7-10-25(11-8-20)17-23-13-14(21)16-22-9-12-26(16)17;7-4-2-1-3-5(9)6(4)8/h4,6-7,12,15-16,20H,5,8-11,13-14H2,1-3H3,(H,31,34);1,3-4,9,12-13,17H,2,5-8,10-11,24H2;9,12-13,15H,4-8,10-11H2,1-3H3,(H,24,27);1-3,9H/t20-;17-;15-;/m111./s1. The van der Waals surface area contributed by atoms with Gasteiger partial charge in [-0.05, 0) is 187 Å². The van der Waals surface area contributed by atoms with Crippen LogP contribution in [0, 0.1) is 16.2 Å². The first-order valence-electron chi connectivity index (χ1n) is 34.7. The maximum Gasteiger partial charge on any atom is 0.407 e. The zero-order chi connectivity index (χ0) is 72.3. The first-order chi connectivity index (χ1) is 48.7. The number of rotatable bonds is 9. The number of alkyl carbamates (subject to hydrolysis) is 2. The number of hydrogen-bond donors (Lipinski definition) is 4. The van der Waals surface area contributed by atoms with Gasteiger partial charge in [-0.2, -0.15) is 0 Å². The van der Waals surface area contributed by atoms with Crippen molar-refractivity contribution in [3.05, 3.63) is 145 Å². The molecule has 0 unspecified atom stereocenters. The van der Waals surface area contributed by atoms with E-state index in [0.717, 1.165) is 175 Å². The summed E-state index contributed by atoms with van der Waals surface area (Å²) in [6.07, 6.45) is 33.0. The SMILES string of the molecule is CC(C)(C)OC(=O)N[C@@H]1CCCC12CCN(c1ncc(Br)c3nccn13)CC2.CC(C)(C)OC(=O)N[C@@H]1CCCC12CCN(c1ncc(Sc3cccc(Cl)c3Cl)c3nccn13)CC2.N[C@@H]1CCCC12CCN(c1ncc(Sc3cccc(Cl)c3Cl)c3nccn13)CC2.Sc1cccc(Cl)c1Cl. The number of ether oxygens (including phenoxy) is 2. The van der Waals surface area contributed by atoms with Crippen molar-refractivity contribution in [2.45, 2.75) is 192 Å². The van der Waals surface area contributed by atoms with Gasteiger partial charge in [0.25, 0.3) is 0 Å². The summed E-state index contributed by atoms with van der Waals surface area (Å²) in [6.45, 7) is 17.0. The summed E-state index contributed by atoms with van der Waals surface area (Å²) in [5.41, 5.74) is 8.70. The van der Waals surface area contributed by atoms with E-state index in [9.17, 15) is 9.59 Å². The highest BCUT2D eigenvalue weighted by Gasteiger charge is 2.48. The molecule has 3 atom stereocenters. The minimum atomic E-state index is -0.496. The van der Waals surface area contributed by atoms with E-state index < -0.39 is 11.2 Å². The number of imidazole rings is 3. The van der Waals surface area contributed by atoms with Gasteiger partial charge in [-0.25, -0.2) is 39.5 Å². The zero-order valence-electron chi connectivity index (χ0n) is 58.0. The predicted octanol–water partition coefficient (Wildman–Crippen LogP) is 19.6. The second-order valence-corrected chi connectivity index (χ2v) is 35.1. The highest BCUT2D eigenvalue weighted by Crippen LogP contribution is 2.50. The lowest BCUT2D eigenvalue weighted by Crippen LogP contribution is -2.51. The van der Waals surface area contributed by atoms with Crippen LogP contribution in [0.1, 0.15) is 138 Å². The number of fused-ring (bicyclic) bond motifs is 3. The Morgan fingerprint density at radius 2 is 0.863 bits per heavy atom. The topological polar surface area (TPSA) is 203 Å². The Balaban J connectivity index is 0.000000137. The molecule has 15 rings (SSSR count). The summed E-state index contributed by atoms with van der Waals surface area (Å²) in [7, 11) is 0. The highest BCUT2D eigenvalue weighted by molar-refractivity contribution is 9.10. The van der Waals surface area contributed by atoms with E-state index >= 15 is 0 Å². The molecule has 102 heavy (non-hydrogen) atoms. The number of nitrogens with zero attached hydrogens (tertiary/aromatic N) is 12. The maximum absolute atomic E-state index is 12.5. The molecule has 3 aromatic carbocycles. The molecule has 6 fully saturated rings. The van der Waals surface area contributed by atoms with Crippen LogP contribution in [-0.4, -0.2) is 124 Å². The lowest BCUT2D eigenvalue weighted by Gasteiger charge is -2.43. The number of aromatic nitrogens is 9. The van der Waals surface area contributed by atoms with Crippen LogP contribution in [-0.2, 0) is 9.47 Å². The molecule has 0 radical (unpaired) electrons. The predicted molar refractivity (Wildman–Crippen MR) is 419 cm³/mol. The van der Waals surface area contributed by atoms with Crippen molar-refractivity contribution in [2.24, 2.45) is 22.0 Å². The third kappa shape index (κ3) is 17.4. The molecule has 6 aliphatic rings. The largest absolute Gasteiger partial charge is 0.444 e. The van der Waals surface area contributed by atoms with Crippen LogP contribution >= 0.6 is 122 Å². The fourth-order valence-corrected chi connectivity index (χ4v) is 19.2. The zero-order valence-corrected chi connectivity index (χ0v) is 66.6. The fraction of sp³-hybridized carbons (Fsp3) is 0.479. The van der Waals surface area contributed by atoms with Crippen LogP contribution in [0.25, 0.3) is 16.9 Å². The van der Waals surface area contributed by atoms with Gasteiger partial charge in [0.1, 0.15) is 11.2 Å². The number of carbonyl (C=O) groups excluding carboxylic acids is 2. The molecule has 2 amide bonds. The Labute approximate surface area is 648 Å². The lowest BCUT2D eigenvalue weighted by atomic mass is 9.74. The molecule has 6 aromatic heterocycles. The molecule has 3 saturated heterocycles. The van der Waals surface area contributed by atoms with Crippen LogP contribution in [0.2, 0.25) is 30.1 Å². The number of carbonyl (C=O) groups is 2. The van der Waals surface area contributed by atoms with Gasteiger partial charge in [0, 0.05) is 128 Å². The van der Waals surface area contributed by atoms with Crippen LogP contribution in [0.4, 0.5) is 27.4 Å². The van der Waals surface area contributed by atoms with E-state index in [1.165, 1.54) is 42.8 Å². The van der Waals surface area contributed by atoms with E-state index in [-0.39, 0.29) is 35.1 Å². The van der Waals surface area contributed by atoms with Crippen molar-refractivity contribution < 1.29 is 19.1 Å². The van der Waals surface area contributed by atoms with Gasteiger partial charge in [-0.3, -0.25) is 13.2 Å². The minimum absolute atomic E-state index is 0.112. The molecule has 9 aromatic rings. The molecule has 544 valence electrons. The smallest absolute Gasteiger partial charge is 0.407 e. The number of nitrogens with two attached hydrogens (primary N) is 1. The van der Waals surface area contributed by atoms with Crippen LogP contribution < -0.4 is 31.1 Å². The van der Waals surface area contributed by atoms with E-state index in [0.29, 0.717) is 46.5 Å². The summed E-state index contributed by atoms with van der Waals surface area (Å²) in [5.74, 6) is 2.76. The molecule has 29 heteroatoms. The summed E-state index contributed by atoms with van der Waals surface area (Å²) in [4.78, 5) is 64.0. The molecule has 3 aliphatic carbocycles. The van der Waals surface area contributed by atoms with Gasteiger partial charge in [0.05, 0.1) is 44.4 Å². The number of piperidine rings is 3. The number of halogens is 7. The molecule has 0 bridgehead atoms. The van der Waals surface area contributed by atoms with Gasteiger partial charge < -0.3 is 40.5 Å². The summed E-state index contributed by atoms with van der Waals surface area (Å²) < 4.78 is 18.1. The maximum atomic E-state index is 12.5. The first kappa shape index (κ1) is 76.3. The minimum Gasteiger partial charge on any atom is -0.444 e. The Hall–Kier alpha value is -5.31. The van der Waals surface area contributed by atoms with Gasteiger partial charge in [-0.15, -0.1) is 12.6 Å². The molecule has 4 N–H and O–H groups in total. The normalized spacial score (nSPS) is 19.9. The van der Waals surface area contributed by atoms with Crippen molar-refractivity contribution in [2.75, 3.05) is 54.0 Å².